The number of rotatable bonds is 2. The van der Waals surface area contributed by atoms with E-state index in [2.05, 4.69) is 61.9 Å². The second-order valence-corrected chi connectivity index (χ2v) is 4.97. The van der Waals surface area contributed by atoms with Gasteiger partial charge in [0.15, 0.2) is 0 Å². The lowest BCUT2D eigenvalue weighted by atomic mass is 10.0. The number of nitrogens with zero attached hydrogens (tertiary/aromatic N) is 2. The summed E-state index contributed by atoms with van der Waals surface area (Å²) in [5.41, 5.74) is 6.10. The Bertz CT molecular complexity index is 724. The molecule has 0 aliphatic rings. The third kappa shape index (κ3) is 1.93. The predicted molar refractivity (Wildman–Crippen MR) is 80.3 cm³/mol. The summed E-state index contributed by atoms with van der Waals surface area (Å²) in [4.78, 5) is 4.73. The van der Waals surface area contributed by atoms with E-state index in [1.165, 1.54) is 22.2 Å². The van der Waals surface area contributed by atoms with Crippen LogP contribution >= 0.6 is 0 Å². The maximum atomic E-state index is 4.73. The van der Waals surface area contributed by atoms with Gasteiger partial charge >= 0.3 is 0 Å². The van der Waals surface area contributed by atoms with Crippen LogP contribution in [0.1, 0.15) is 18.3 Å². The van der Waals surface area contributed by atoms with E-state index < -0.39 is 0 Å². The van der Waals surface area contributed by atoms with Crippen LogP contribution in [0.5, 0.6) is 0 Å². The van der Waals surface area contributed by atoms with Gasteiger partial charge in [0.05, 0.1) is 11.0 Å². The van der Waals surface area contributed by atoms with Crippen molar-refractivity contribution in [3.05, 3.63) is 53.9 Å². The zero-order valence-electron chi connectivity index (χ0n) is 11.6. The molecule has 2 aromatic carbocycles. The van der Waals surface area contributed by atoms with E-state index in [4.69, 9.17) is 4.98 Å². The second-order valence-electron chi connectivity index (χ2n) is 4.97. The van der Waals surface area contributed by atoms with Crippen LogP contribution in [-0.4, -0.2) is 9.55 Å². The lowest BCUT2D eigenvalue weighted by Gasteiger charge is -2.05. The minimum Gasteiger partial charge on any atom is -0.331 e. The summed E-state index contributed by atoms with van der Waals surface area (Å²) >= 11 is 0. The molecule has 3 rings (SSSR count). The summed E-state index contributed by atoms with van der Waals surface area (Å²) in [6.07, 6.45) is 0.964. The second kappa shape index (κ2) is 4.54. The molecule has 0 atom stereocenters. The standard InChI is InChI=1S/C17H18N2/c1-4-16-18-17-12(2)10-14(11-15(17)19(16)3)13-8-6-5-7-9-13/h5-11H,4H2,1-3H3. The van der Waals surface area contributed by atoms with Crippen LogP contribution in [0.15, 0.2) is 42.5 Å². The van der Waals surface area contributed by atoms with E-state index in [9.17, 15) is 0 Å². The Morgan fingerprint density at radius 3 is 2.47 bits per heavy atom. The molecule has 0 spiro atoms. The fraction of sp³-hybridized carbons (Fsp3) is 0.235. The molecule has 1 aromatic heterocycles. The molecule has 96 valence electrons. The number of aryl methyl sites for hydroxylation is 3. The van der Waals surface area contributed by atoms with Gasteiger partial charge in [-0.3, -0.25) is 0 Å². The molecule has 2 nitrogen and oxygen atoms in total. The summed E-state index contributed by atoms with van der Waals surface area (Å²) in [5.74, 6) is 1.14. The average molecular weight is 250 g/mol. The van der Waals surface area contributed by atoms with Crippen LogP contribution in [0.2, 0.25) is 0 Å². The Morgan fingerprint density at radius 1 is 1.05 bits per heavy atom. The molecule has 0 saturated heterocycles. The first-order valence-corrected chi connectivity index (χ1v) is 6.72. The highest BCUT2D eigenvalue weighted by Crippen LogP contribution is 2.27. The van der Waals surface area contributed by atoms with E-state index >= 15 is 0 Å². The number of benzene rings is 2. The lowest BCUT2D eigenvalue weighted by Crippen LogP contribution is -1.94. The van der Waals surface area contributed by atoms with Crippen LogP contribution in [0, 0.1) is 6.92 Å². The van der Waals surface area contributed by atoms with Gasteiger partial charge in [-0.1, -0.05) is 37.3 Å². The zero-order chi connectivity index (χ0) is 13.4. The van der Waals surface area contributed by atoms with Crippen molar-refractivity contribution in [2.75, 3.05) is 0 Å². The van der Waals surface area contributed by atoms with Crippen molar-refractivity contribution in [3.63, 3.8) is 0 Å². The third-order valence-corrected chi connectivity index (χ3v) is 3.69. The Labute approximate surface area is 113 Å². The fourth-order valence-corrected chi connectivity index (χ4v) is 2.62. The van der Waals surface area contributed by atoms with Crippen LogP contribution in [0.3, 0.4) is 0 Å². The number of hydrogen-bond acceptors (Lipinski definition) is 1. The van der Waals surface area contributed by atoms with Gasteiger partial charge in [0.25, 0.3) is 0 Å². The number of fused-ring (bicyclic) bond motifs is 1. The fourth-order valence-electron chi connectivity index (χ4n) is 2.62. The molecule has 0 radical (unpaired) electrons. The van der Waals surface area contributed by atoms with Crippen molar-refractivity contribution >= 4 is 11.0 Å². The molecule has 0 N–H and O–H groups in total. The van der Waals surface area contributed by atoms with E-state index in [0.717, 1.165) is 17.8 Å². The summed E-state index contributed by atoms with van der Waals surface area (Å²) in [7, 11) is 2.10. The zero-order valence-corrected chi connectivity index (χ0v) is 11.6. The Balaban J connectivity index is 2.27. The quantitative estimate of drug-likeness (QED) is 0.669. The largest absolute Gasteiger partial charge is 0.331 e. The van der Waals surface area contributed by atoms with Crippen molar-refractivity contribution in [1.82, 2.24) is 9.55 Å². The minimum absolute atomic E-state index is 0.964. The minimum atomic E-state index is 0.964. The maximum absolute atomic E-state index is 4.73. The van der Waals surface area contributed by atoms with Crippen LogP contribution in [-0.2, 0) is 13.5 Å². The predicted octanol–water partition coefficient (Wildman–Crippen LogP) is 4.11. The third-order valence-electron chi connectivity index (χ3n) is 3.69. The first-order valence-electron chi connectivity index (χ1n) is 6.72. The van der Waals surface area contributed by atoms with Gasteiger partial charge in [0.1, 0.15) is 5.82 Å². The van der Waals surface area contributed by atoms with Gasteiger partial charge in [-0.25, -0.2) is 4.98 Å². The van der Waals surface area contributed by atoms with Gasteiger partial charge in [-0.05, 0) is 35.7 Å². The molecule has 0 saturated carbocycles. The van der Waals surface area contributed by atoms with Crippen molar-refractivity contribution in [1.29, 1.82) is 0 Å². The van der Waals surface area contributed by atoms with Gasteiger partial charge in [-0.15, -0.1) is 0 Å². The smallest absolute Gasteiger partial charge is 0.109 e. The van der Waals surface area contributed by atoms with E-state index in [1.807, 2.05) is 6.07 Å². The van der Waals surface area contributed by atoms with E-state index in [0.29, 0.717) is 0 Å². The lowest BCUT2D eigenvalue weighted by molar-refractivity contribution is 0.829. The van der Waals surface area contributed by atoms with Crippen molar-refractivity contribution in [2.24, 2.45) is 7.05 Å². The highest BCUT2D eigenvalue weighted by Gasteiger charge is 2.10. The molecule has 0 amide bonds. The molecule has 3 aromatic rings. The van der Waals surface area contributed by atoms with Crippen molar-refractivity contribution in [3.8, 4) is 11.1 Å². The highest BCUT2D eigenvalue weighted by atomic mass is 15.1. The number of hydrogen-bond donors (Lipinski definition) is 0. The molecule has 0 aliphatic carbocycles. The summed E-state index contributed by atoms with van der Waals surface area (Å²) < 4.78 is 2.20. The summed E-state index contributed by atoms with van der Waals surface area (Å²) in [6.45, 7) is 4.29. The topological polar surface area (TPSA) is 17.8 Å². The average Bonchev–Trinajstić information content (AvgIpc) is 2.77. The monoisotopic (exact) mass is 250 g/mol. The van der Waals surface area contributed by atoms with Gasteiger partial charge in [0.2, 0.25) is 0 Å². The molecular formula is C17H18N2. The van der Waals surface area contributed by atoms with Gasteiger partial charge in [0, 0.05) is 13.5 Å². The normalized spacial score (nSPS) is 11.1. The molecule has 0 aliphatic heterocycles. The van der Waals surface area contributed by atoms with Gasteiger partial charge in [-0.2, -0.15) is 0 Å². The molecular weight excluding hydrogens is 232 g/mol. The number of aromatic nitrogens is 2. The summed E-state index contributed by atoms with van der Waals surface area (Å²) in [5, 5.41) is 0. The Kier molecular flexibility index (Phi) is 2.86. The molecule has 2 heteroatoms. The van der Waals surface area contributed by atoms with Crippen molar-refractivity contribution in [2.45, 2.75) is 20.3 Å². The Hall–Kier alpha value is -2.09. The Morgan fingerprint density at radius 2 is 1.79 bits per heavy atom. The van der Waals surface area contributed by atoms with Crippen LogP contribution in [0.25, 0.3) is 22.2 Å². The molecule has 0 unspecified atom stereocenters. The molecule has 1 heterocycles. The highest BCUT2D eigenvalue weighted by molar-refractivity contribution is 5.85. The van der Waals surface area contributed by atoms with Crippen LogP contribution in [0.4, 0.5) is 0 Å². The van der Waals surface area contributed by atoms with Gasteiger partial charge < -0.3 is 4.57 Å². The van der Waals surface area contributed by atoms with Crippen LogP contribution < -0.4 is 0 Å². The number of imidazole rings is 1. The first kappa shape index (κ1) is 12.0. The first-order chi connectivity index (χ1) is 9.20. The molecule has 0 fully saturated rings. The molecule has 19 heavy (non-hydrogen) atoms. The van der Waals surface area contributed by atoms with E-state index in [-0.39, 0.29) is 0 Å². The van der Waals surface area contributed by atoms with E-state index in [1.54, 1.807) is 0 Å². The molecule has 0 bridgehead atoms. The SMILES string of the molecule is CCc1nc2c(C)cc(-c3ccccc3)cc2n1C. The maximum Gasteiger partial charge on any atom is 0.109 e. The summed E-state index contributed by atoms with van der Waals surface area (Å²) in [6, 6.07) is 15.0. The van der Waals surface area contributed by atoms with Crippen molar-refractivity contribution < 1.29 is 0 Å².